The predicted molar refractivity (Wildman–Crippen MR) is 117 cm³/mol. The zero-order chi connectivity index (χ0) is 21.9. The zero-order valence-electron chi connectivity index (χ0n) is 19.9. The molecule has 5 rings (SSSR count). The Hall–Kier alpha value is -0.240. The molecule has 1 N–H and O–H groups in total. The van der Waals surface area contributed by atoms with E-state index in [1.54, 1.807) is 0 Å². The highest BCUT2D eigenvalue weighted by molar-refractivity contribution is 5.09. The number of hydrogen-bond acceptors (Lipinski definition) is 6. The topological polar surface area (TPSA) is 66.4 Å². The van der Waals surface area contributed by atoms with Crippen LogP contribution in [0, 0.1) is 23.7 Å². The summed E-state index contributed by atoms with van der Waals surface area (Å²) < 4.78 is 19.1. The van der Waals surface area contributed by atoms with Gasteiger partial charge in [0.15, 0.2) is 18.2 Å². The van der Waals surface area contributed by atoms with Crippen LogP contribution in [-0.4, -0.2) is 42.3 Å². The molecule has 0 unspecified atom stereocenters. The standard InChI is InChI=1S/C25H44O6/c1-18-12-13-21-19(2)22(27-17-11-9-7-5-4-6-8-10-16-26)28-23-25(21)20(18)14-15-24(3,29-23)30-31-25/h18-23,26H,4-17H2,1-3H3/t18-,19-,20+,21+,22+,23-,24+,25-/m1/s1. The maximum Gasteiger partial charge on any atom is 0.201 e. The van der Waals surface area contributed by atoms with Crippen LogP contribution >= 0.6 is 0 Å². The molecule has 2 bridgehead atoms. The smallest absolute Gasteiger partial charge is 0.201 e. The van der Waals surface area contributed by atoms with Crippen molar-refractivity contribution < 1.29 is 29.1 Å². The maximum absolute atomic E-state index is 8.83. The molecule has 31 heavy (non-hydrogen) atoms. The van der Waals surface area contributed by atoms with Gasteiger partial charge in [0.2, 0.25) is 5.79 Å². The van der Waals surface area contributed by atoms with Crippen molar-refractivity contribution in [1.82, 2.24) is 0 Å². The van der Waals surface area contributed by atoms with Gasteiger partial charge in [0.25, 0.3) is 0 Å². The third kappa shape index (κ3) is 4.85. The number of ether oxygens (including phenoxy) is 3. The fourth-order valence-corrected chi connectivity index (χ4v) is 6.54. The van der Waals surface area contributed by atoms with Crippen molar-refractivity contribution >= 4 is 0 Å². The zero-order valence-corrected chi connectivity index (χ0v) is 19.9. The lowest BCUT2D eigenvalue weighted by Gasteiger charge is -2.60. The van der Waals surface area contributed by atoms with E-state index < -0.39 is 17.7 Å². The van der Waals surface area contributed by atoms with Gasteiger partial charge in [0, 0.05) is 31.5 Å². The van der Waals surface area contributed by atoms with Crippen molar-refractivity contribution in [1.29, 1.82) is 0 Å². The summed E-state index contributed by atoms with van der Waals surface area (Å²) in [6.07, 6.45) is 13.0. The van der Waals surface area contributed by atoms with Crippen molar-refractivity contribution in [2.45, 2.75) is 122 Å². The number of hydrogen-bond donors (Lipinski definition) is 1. The summed E-state index contributed by atoms with van der Waals surface area (Å²) >= 11 is 0. The molecule has 4 saturated heterocycles. The first kappa shape index (κ1) is 23.9. The summed E-state index contributed by atoms with van der Waals surface area (Å²) in [5.74, 6) is 0.857. The van der Waals surface area contributed by atoms with Crippen molar-refractivity contribution in [2.75, 3.05) is 13.2 Å². The Morgan fingerprint density at radius 2 is 1.58 bits per heavy atom. The summed E-state index contributed by atoms with van der Waals surface area (Å²) in [5, 5.41) is 8.83. The second-order valence-electron chi connectivity index (χ2n) is 10.7. The molecule has 0 aromatic heterocycles. The van der Waals surface area contributed by atoms with Gasteiger partial charge in [0.1, 0.15) is 0 Å². The van der Waals surface area contributed by atoms with Gasteiger partial charge in [-0.3, -0.25) is 0 Å². The molecule has 180 valence electrons. The molecule has 1 spiro atoms. The minimum absolute atomic E-state index is 0.236. The van der Waals surface area contributed by atoms with E-state index in [1.165, 1.54) is 38.5 Å². The molecule has 5 aliphatic rings. The van der Waals surface area contributed by atoms with Crippen molar-refractivity contribution in [3.63, 3.8) is 0 Å². The van der Waals surface area contributed by atoms with Gasteiger partial charge in [-0.2, -0.15) is 0 Å². The lowest BCUT2D eigenvalue weighted by Crippen LogP contribution is -2.70. The highest BCUT2D eigenvalue weighted by Gasteiger charge is 2.69. The van der Waals surface area contributed by atoms with Crippen LogP contribution in [0.15, 0.2) is 0 Å². The summed E-state index contributed by atoms with van der Waals surface area (Å²) in [7, 11) is 0. The van der Waals surface area contributed by atoms with Crippen LogP contribution in [0.3, 0.4) is 0 Å². The number of aliphatic hydroxyl groups excluding tert-OH is 1. The molecule has 8 atom stereocenters. The van der Waals surface area contributed by atoms with Crippen molar-refractivity contribution in [2.24, 2.45) is 23.7 Å². The van der Waals surface area contributed by atoms with Gasteiger partial charge in [-0.1, -0.05) is 52.4 Å². The Morgan fingerprint density at radius 1 is 0.871 bits per heavy atom. The van der Waals surface area contributed by atoms with Gasteiger partial charge >= 0.3 is 0 Å². The summed E-state index contributed by atoms with van der Waals surface area (Å²) in [6.45, 7) is 7.63. The number of fused-ring (bicyclic) bond motifs is 2. The Kier molecular flexibility index (Phi) is 7.98. The third-order valence-corrected chi connectivity index (χ3v) is 8.43. The fourth-order valence-electron chi connectivity index (χ4n) is 6.54. The minimum Gasteiger partial charge on any atom is -0.396 e. The predicted octanol–water partition coefficient (Wildman–Crippen LogP) is 5.32. The van der Waals surface area contributed by atoms with E-state index >= 15 is 0 Å². The van der Waals surface area contributed by atoms with Crippen LogP contribution in [0.2, 0.25) is 0 Å². The molecule has 1 saturated carbocycles. The van der Waals surface area contributed by atoms with E-state index in [9.17, 15) is 0 Å². The first-order valence-electron chi connectivity index (χ1n) is 12.9. The van der Waals surface area contributed by atoms with Crippen molar-refractivity contribution in [3.8, 4) is 0 Å². The van der Waals surface area contributed by atoms with Gasteiger partial charge in [-0.25, -0.2) is 9.78 Å². The largest absolute Gasteiger partial charge is 0.396 e. The number of unbranched alkanes of at least 4 members (excludes halogenated alkanes) is 7. The van der Waals surface area contributed by atoms with Crippen LogP contribution in [-0.2, 0) is 24.0 Å². The van der Waals surface area contributed by atoms with Gasteiger partial charge in [-0.05, 0) is 50.9 Å². The first-order chi connectivity index (χ1) is 15.0. The van der Waals surface area contributed by atoms with Crippen LogP contribution in [0.25, 0.3) is 0 Å². The normalized spacial score (nSPS) is 44.1. The first-order valence-corrected chi connectivity index (χ1v) is 12.9. The molecule has 0 radical (unpaired) electrons. The molecule has 5 fully saturated rings. The SMILES string of the molecule is C[C@H]1[C@@H](OCCCCCCCCCCO)O[C@@H]2O[C@]3(C)CC[C@H]4[C@H](C)CC[C@@H]1[C@@]24OO3. The lowest BCUT2D eigenvalue weighted by atomic mass is 9.58. The van der Waals surface area contributed by atoms with Crippen LogP contribution in [0.4, 0.5) is 0 Å². The minimum atomic E-state index is -0.722. The quantitative estimate of drug-likeness (QED) is 0.346. The molecule has 0 aromatic carbocycles. The number of aliphatic hydroxyl groups is 1. The highest BCUT2D eigenvalue weighted by Crippen LogP contribution is 2.60. The summed E-state index contributed by atoms with van der Waals surface area (Å²) in [6, 6.07) is 0. The Labute approximate surface area is 188 Å². The summed E-state index contributed by atoms with van der Waals surface area (Å²) in [5.41, 5.74) is -0.497. The van der Waals surface area contributed by atoms with Crippen LogP contribution in [0.5, 0.6) is 0 Å². The van der Waals surface area contributed by atoms with E-state index in [4.69, 9.17) is 29.1 Å². The van der Waals surface area contributed by atoms with Crippen LogP contribution in [0.1, 0.15) is 97.8 Å². The van der Waals surface area contributed by atoms with E-state index in [0.29, 0.717) is 24.4 Å². The van der Waals surface area contributed by atoms with Gasteiger partial charge < -0.3 is 19.3 Å². The third-order valence-electron chi connectivity index (χ3n) is 8.43. The Bertz CT molecular complexity index is 572. The molecule has 4 aliphatic heterocycles. The molecule has 0 amide bonds. The molecular weight excluding hydrogens is 396 g/mol. The van der Waals surface area contributed by atoms with E-state index in [1.807, 2.05) is 6.92 Å². The Balaban J connectivity index is 1.27. The van der Waals surface area contributed by atoms with Crippen LogP contribution < -0.4 is 0 Å². The molecule has 1 aliphatic carbocycles. The second-order valence-corrected chi connectivity index (χ2v) is 10.7. The average molecular weight is 441 g/mol. The van der Waals surface area contributed by atoms with E-state index in [-0.39, 0.29) is 12.2 Å². The Morgan fingerprint density at radius 3 is 2.32 bits per heavy atom. The second kappa shape index (κ2) is 10.4. The number of rotatable bonds is 11. The molecule has 6 heteroatoms. The molecular formula is C25H44O6. The van der Waals surface area contributed by atoms with Gasteiger partial charge in [-0.15, -0.1) is 0 Å². The fraction of sp³-hybridized carbons (Fsp3) is 1.00. The molecule has 4 heterocycles. The van der Waals surface area contributed by atoms with Crippen molar-refractivity contribution in [3.05, 3.63) is 0 Å². The maximum atomic E-state index is 8.83. The van der Waals surface area contributed by atoms with E-state index in [2.05, 4.69) is 13.8 Å². The molecule has 6 nitrogen and oxygen atoms in total. The highest BCUT2D eigenvalue weighted by atomic mass is 17.3. The lowest BCUT2D eigenvalue weighted by molar-refractivity contribution is -0.577. The summed E-state index contributed by atoms with van der Waals surface area (Å²) in [4.78, 5) is 12.1. The van der Waals surface area contributed by atoms with Gasteiger partial charge in [0.05, 0.1) is 0 Å². The van der Waals surface area contributed by atoms with E-state index in [0.717, 1.165) is 45.1 Å². The average Bonchev–Trinajstić information content (AvgIpc) is 2.99. The molecule has 0 aromatic rings. The monoisotopic (exact) mass is 440 g/mol.